The van der Waals surface area contributed by atoms with Crippen molar-refractivity contribution >= 4 is 44.4 Å². The van der Waals surface area contributed by atoms with E-state index in [-0.39, 0.29) is 54.4 Å². The molecule has 3 aromatic heterocycles. The number of benzene rings is 7. The molecule has 0 aliphatic carbocycles. The molecule has 0 aliphatic heterocycles. The van der Waals surface area contributed by atoms with E-state index in [1.807, 2.05) is 36.5 Å². The van der Waals surface area contributed by atoms with E-state index < -0.39 is 60.4 Å². The standard InChI is InChI=1S/C52H37ClN4O.Pt/c1-52(2,3)37-28-29-54-50(30-37)57-46-23-11-10-20-44(46)45-26-25-41(33-48(45)57)58-40-19-12-18-39(32-40)55-34-56(49-31-38(53)24-27-47(49)55)51-42(35-14-6-4-7-15-35)21-13-22-43(51)36-16-8-5-9-17-36;/h4-31H,1-3H3;/q-2;/i4D,5D,6D,7D,8D,9D,14D,15D,16D,17D;. The summed E-state index contributed by atoms with van der Waals surface area (Å²) in [6.45, 7) is 6.49. The van der Waals surface area contributed by atoms with Crippen LogP contribution in [0.4, 0.5) is 0 Å². The minimum absolute atomic E-state index is 0. The van der Waals surface area contributed by atoms with Crippen molar-refractivity contribution < 1.29 is 44.1 Å². The van der Waals surface area contributed by atoms with Crippen molar-refractivity contribution in [2.24, 2.45) is 0 Å². The Morgan fingerprint density at radius 3 is 2.12 bits per heavy atom. The van der Waals surface area contributed by atoms with Gasteiger partial charge in [-0.3, -0.25) is 4.57 Å². The van der Waals surface area contributed by atoms with Crippen molar-refractivity contribution in [1.29, 1.82) is 0 Å². The first-order valence-electron chi connectivity index (χ1n) is 23.5. The molecule has 59 heavy (non-hydrogen) atoms. The van der Waals surface area contributed by atoms with Gasteiger partial charge < -0.3 is 13.9 Å². The van der Waals surface area contributed by atoms with Crippen molar-refractivity contribution in [1.82, 2.24) is 14.1 Å². The molecule has 0 N–H and O–H groups in total. The van der Waals surface area contributed by atoms with E-state index in [1.54, 1.807) is 63.7 Å². The molecule has 0 fully saturated rings. The van der Waals surface area contributed by atoms with E-state index in [9.17, 15) is 0 Å². The first-order valence-corrected chi connectivity index (χ1v) is 18.9. The summed E-state index contributed by atoms with van der Waals surface area (Å²) in [5, 5.41) is 2.33. The third kappa shape index (κ3) is 7.05. The van der Waals surface area contributed by atoms with Gasteiger partial charge in [0, 0.05) is 49.3 Å². The van der Waals surface area contributed by atoms with Gasteiger partial charge in [-0.25, -0.2) is 4.98 Å². The van der Waals surface area contributed by atoms with Crippen molar-refractivity contribution in [3.8, 4) is 50.9 Å². The fourth-order valence-corrected chi connectivity index (χ4v) is 7.47. The first kappa shape index (κ1) is 28.2. The predicted molar refractivity (Wildman–Crippen MR) is 235 cm³/mol. The second-order valence-electron chi connectivity index (χ2n) is 14.7. The molecule has 0 saturated carbocycles. The number of pyridine rings is 1. The number of nitrogens with zero attached hydrogens (tertiary/aromatic N) is 4. The zero-order chi connectivity index (χ0) is 48.1. The molecular weight excluding hydrogens is 927 g/mol. The van der Waals surface area contributed by atoms with Gasteiger partial charge in [-0.15, -0.1) is 29.7 Å². The van der Waals surface area contributed by atoms with Crippen molar-refractivity contribution in [3.63, 3.8) is 0 Å². The Hall–Kier alpha value is -6.26. The summed E-state index contributed by atoms with van der Waals surface area (Å²) >= 11 is 6.69. The van der Waals surface area contributed by atoms with Gasteiger partial charge in [-0.05, 0) is 74.6 Å². The molecule has 10 rings (SSSR count). The van der Waals surface area contributed by atoms with Crippen LogP contribution in [0.1, 0.15) is 40.0 Å². The number of para-hydroxylation sites is 2. The van der Waals surface area contributed by atoms with Gasteiger partial charge in [0.25, 0.3) is 6.33 Å². The first-order chi connectivity index (χ1) is 32.4. The third-order valence-corrected chi connectivity index (χ3v) is 10.3. The quantitative estimate of drug-likeness (QED) is 0.118. The van der Waals surface area contributed by atoms with E-state index in [2.05, 4.69) is 62.0 Å². The number of ether oxygens (including phenoxy) is 1. The Morgan fingerprint density at radius 2 is 1.39 bits per heavy atom. The van der Waals surface area contributed by atoms with Crippen LogP contribution >= 0.6 is 11.6 Å². The molecule has 0 saturated heterocycles. The molecule has 0 amide bonds. The molecule has 7 heteroatoms. The summed E-state index contributed by atoms with van der Waals surface area (Å²) in [5.41, 5.74) is 4.16. The van der Waals surface area contributed by atoms with E-state index in [4.69, 9.17) is 35.0 Å². The zero-order valence-electron chi connectivity index (χ0n) is 41.8. The van der Waals surface area contributed by atoms with E-state index in [1.165, 1.54) is 0 Å². The molecule has 0 bridgehead atoms. The Kier molecular flexibility index (Phi) is 7.41. The Morgan fingerprint density at radius 1 is 0.695 bits per heavy atom. The zero-order valence-corrected chi connectivity index (χ0v) is 34.8. The molecule has 3 heterocycles. The van der Waals surface area contributed by atoms with Gasteiger partial charge in [0.2, 0.25) is 0 Å². The molecule has 0 radical (unpaired) electrons. The summed E-state index contributed by atoms with van der Waals surface area (Å²) in [6, 6.07) is 32.6. The predicted octanol–water partition coefficient (Wildman–Crippen LogP) is 12.9. The van der Waals surface area contributed by atoms with Gasteiger partial charge in [-0.1, -0.05) is 141 Å². The Bertz CT molecular complexity index is 3610. The van der Waals surface area contributed by atoms with Crippen LogP contribution in [-0.4, -0.2) is 14.1 Å². The SMILES string of the molecule is [2H]c1c([2H])c([2H])c(-c2cccc(-c3c([2H])c([2H])c([2H])c([2H])c3[2H])c2-[n+]2[c-]n(-c3[c-]c(Oc4[c-]c5c(cc4)c4ccccc4n5-c4cc(C(C)(C)C)ccn4)ccc3)c3ccc(Cl)cc32)c([2H])c1[2H].[Pt]. The second-order valence-corrected chi connectivity index (χ2v) is 15.1. The van der Waals surface area contributed by atoms with Crippen LogP contribution in [0.15, 0.2) is 170 Å². The molecule has 0 spiro atoms. The Labute approximate surface area is 377 Å². The summed E-state index contributed by atoms with van der Waals surface area (Å²) in [4.78, 5) is 4.79. The van der Waals surface area contributed by atoms with Gasteiger partial charge in [0.15, 0.2) is 0 Å². The number of hydrogen-bond acceptors (Lipinski definition) is 2. The molecular formula is C52H37ClN4OPt-2. The van der Waals surface area contributed by atoms with Gasteiger partial charge >= 0.3 is 0 Å². The van der Waals surface area contributed by atoms with Crippen LogP contribution in [0.5, 0.6) is 11.5 Å². The van der Waals surface area contributed by atoms with Gasteiger partial charge in [0.1, 0.15) is 5.82 Å². The van der Waals surface area contributed by atoms with E-state index >= 15 is 0 Å². The summed E-state index contributed by atoms with van der Waals surface area (Å²) in [7, 11) is 0. The maximum absolute atomic E-state index is 9.00. The topological polar surface area (TPSA) is 35.9 Å². The van der Waals surface area contributed by atoms with Crippen LogP contribution in [0.25, 0.3) is 72.3 Å². The van der Waals surface area contributed by atoms with Crippen LogP contribution in [0, 0.1) is 18.5 Å². The van der Waals surface area contributed by atoms with Crippen LogP contribution in [-0.2, 0) is 26.5 Å². The molecule has 7 aromatic carbocycles. The average molecular weight is 974 g/mol. The molecule has 0 atom stereocenters. The monoisotopic (exact) mass is 973 g/mol. The summed E-state index contributed by atoms with van der Waals surface area (Å²) in [5.74, 6) is 1.50. The van der Waals surface area contributed by atoms with E-state index in [0.717, 1.165) is 33.2 Å². The average Bonchev–Trinajstić information content (AvgIpc) is 3.86. The molecule has 0 unspecified atom stereocenters. The summed E-state index contributed by atoms with van der Waals surface area (Å²) < 4.78 is 98.6. The van der Waals surface area contributed by atoms with E-state index in [0.29, 0.717) is 33.2 Å². The van der Waals surface area contributed by atoms with Crippen LogP contribution in [0.2, 0.25) is 5.02 Å². The van der Waals surface area contributed by atoms with Crippen molar-refractivity contribution in [3.05, 3.63) is 199 Å². The Balaban J connectivity index is 0.00000593. The van der Waals surface area contributed by atoms with Crippen molar-refractivity contribution in [2.75, 3.05) is 0 Å². The number of fused-ring (bicyclic) bond motifs is 4. The minimum atomic E-state index is -0.588. The molecule has 5 nitrogen and oxygen atoms in total. The molecule has 0 aliphatic rings. The fourth-order valence-electron chi connectivity index (χ4n) is 7.31. The number of rotatable bonds is 7. The van der Waals surface area contributed by atoms with Gasteiger partial charge in [0.05, 0.1) is 30.4 Å². The fraction of sp³-hybridized carbons (Fsp3) is 0.0769. The largest absolute Gasteiger partial charge is 0.510 e. The normalized spacial score (nSPS) is 14.0. The smallest absolute Gasteiger partial charge is 0.268 e. The molecule has 10 aromatic rings. The molecule has 290 valence electrons. The van der Waals surface area contributed by atoms with Crippen LogP contribution < -0.4 is 9.30 Å². The minimum Gasteiger partial charge on any atom is -0.510 e. The number of aromatic nitrogens is 4. The van der Waals surface area contributed by atoms with Crippen molar-refractivity contribution in [2.45, 2.75) is 26.2 Å². The second kappa shape index (κ2) is 15.5. The maximum Gasteiger partial charge on any atom is 0.268 e. The number of hydrogen-bond donors (Lipinski definition) is 0. The number of imidazole rings is 1. The third-order valence-electron chi connectivity index (χ3n) is 10.0. The maximum atomic E-state index is 9.00. The van der Waals surface area contributed by atoms with Crippen LogP contribution in [0.3, 0.4) is 0 Å². The number of halogens is 1. The summed E-state index contributed by atoms with van der Waals surface area (Å²) in [6.07, 6.45) is 5.18. The van der Waals surface area contributed by atoms with Gasteiger partial charge in [-0.2, -0.15) is 18.2 Å².